The highest BCUT2D eigenvalue weighted by atomic mass is 127. The summed E-state index contributed by atoms with van der Waals surface area (Å²) in [7, 11) is 0. The number of rotatable bonds is 1. The maximum Gasteiger partial charge on any atom is 0.000817 e. The summed E-state index contributed by atoms with van der Waals surface area (Å²) >= 11 is 7.19. The predicted octanol–water partition coefficient (Wildman–Crippen LogP) is 2.03. The first-order chi connectivity index (χ1) is 2.27. The monoisotopic (exact) mass is 220 g/mol. The van der Waals surface area contributed by atoms with Gasteiger partial charge in [0.1, 0.15) is 0 Å². The summed E-state index contributed by atoms with van der Waals surface area (Å²) in [6.45, 7) is 2.13. The van der Waals surface area contributed by atoms with Gasteiger partial charge in [-0.1, -0.05) is 18.7 Å². The zero-order chi connectivity index (χ0) is 4.28. The van der Waals surface area contributed by atoms with Crippen LogP contribution in [-0.4, -0.2) is 6.16 Å². The van der Waals surface area contributed by atoms with E-state index >= 15 is 0 Å². The Bertz CT molecular complexity index is 44.9. The van der Waals surface area contributed by atoms with E-state index in [1.165, 1.54) is 6.16 Å². The van der Waals surface area contributed by atoms with E-state index in [0.717, 1.165) is 0 Å². The Hall–Kier alpha value is 1.38. The molecular formula is C2H6IPS. The Balaban J connectivity index is 2.85. The van der Waals surface area contributed by atoms with Crippen molar-refractivity contribution in [3.05, 3.63) is 0 Å². The van der Waals surface area contributed by atoms with Crippen molar-refractivity contribution in [3.63, 3.8) is 0 Å². The summed E-state index contributed by atoms with van der Waals surface area (Å²) in [5.41, 5.74) is 0. The Morgan fingerprint density at radius 2 is 2.20 bits per heavy atom. The van der Waals surface area contributed by atoms with E-state index in [0.29, 0.717) is 0 Å². The second kappa shape index (κ2) is 3.57. The summed E-state index contributed by atoms with van der Waals surface area (Å²) < 4.78 is -0.321. The number of hydrogen-bond acceptors (Lipinski definition) is 1. The average Bonchev–Trinajstić information content (AvgIpc) is 1.38. The molecule has 0 amide bonds. The lowest BCUT2D eigenvalue weighted by molar-refractivity contribution is 1.53. The summed E-state index contributed by atoms with van der Waals surface area (Å²) in [5.74, 6) is 0. The molecule has 1 atom stereocenters. The van der Waals surface area contributed by atoms with Crippen LogP contribution in [-0.2, 0) is 11.8 Å². The maximum atomic E-state index is 4.87. The fraction of sp³-hybridized carbons (Fsp3) is 1.00. The quantitative estimate of drug-likeness (QED) is 0.481. The van der Waals surface area contributed by atoms with E-state index in [4.69, 9.17) is 11.8 Å². The van der Waals surface area contributed by atoms with Crippen molar-refractivity contribution in [2.75, 3.05) is 6.16 Å². The molecule has 0 aromatic carbocycles. The summed E-state index contributed by atoms with van der Waals surface area (Å²) in [4.78, 5) is 0. The molecule has 0 heterocycles. The van der Waals surface area contributed by atoms with Gasteiger partial charge < -0.3 is 0 Å². The van der Waals surface area contributed by atoms with Gasteiger partial charge in [-0.2, -0.15) is 0 Å². The molecule has 0 rings (SSSR count). The van der Waals surface area contributed by atoms with Gasteiger partial charge in [-0.25, -0.2) is 0 Å². The molecule has 0 radical (unpaired) electrons. The zero-order valence-electron chi connectivity index (χ0n) is 2.99. The predicted molar refractivity (Wildman–Crippen MR) is 40.2 cm³/mol. The largest absolute Gasteiger partial charge is 0.0898 e. The smallest absolute Gasteiger partial charge is 0.000817 e. The standard InChI is InChI=1S/C2H6IPS/c1-2-4(3)5/h4H,2H2,1H3. The highest BCUT2D eigenvalue weighted by Gasteiger charge is 1.71. The minimum absolute atomic E-state index is 0.321. The van der Waals surface area contributed by atoms with Crippen LogP contribution in [0.15, 0.2) is 0 Å². The molecule has 0 aromatic heterocycles. The molecule has 0 N–H and O–H groups in total. The van der Waals surface area contributed by atoms with Gasteiger partial charge in [-0.05, 0) is 28.2 Å². The maximum absolute atomic E-state index is 4.87. The van der Waals surface area contributed by atoms with Crippen LogP contribution in [0.25, 0.3) is 0 Å². The fourth-order valence-corrected chi connectivity index (χ4v) is 0. The molecule has 32 valence electrons. The van der Waals surface area contributed by atoms with Crippen molar-refractivity contribution < 1.29 is 0 Å². The molecule has 0 spiro atoms. The first-order valence-corrected chi connectivity index (χ1v) is 7.41. The Kier molecular flexibility index (Phi) is 4.55. The van der Waals surface area contributed by atoms with E-state index in [9.17, 15) is 0 Å². The minimum Gasteiger partial charge on any atom is -0.0898 e. The number of halogens is 1. The molecular weight excluding hydrogens is 214 g/mol. The van der Waals surface area contributed by atoms with Crippen molar-refractivity contribution in [2.24, 2.45) is 0 Å². The van der Waals surface area contributed by atoms with Crippen molar-refractivity contribution in [3.8, 4) is 0 Å². The summed E-state index contributed by atoms with van der Waals surface area (Å²) in [5, 5.41) is 0. The first-order valence-electron chi connectivity index (χ1n) is 1.45. The molecule has 1 unspecified atom stereocenters. The van der Waals surface area contributed by atoms with Crippen LogP contribution in [0.4, 0.5) is 0 Å². The highest BCUT2D eigenvalue weighted by Crippen LogP contribution is 2.29. The SMILES string of the molecule is CC[PH](=S)I. The molecule has 0 saturated heterocycles. The van der Waals surface area contributed by atoms with Gasteiger partial charge in [0.15, 0.2) is 0 Å². The van der Waals surface area contributed by atoms with Crippen molar-refractivity contribution in [2.45, 2.75) is 6.92 Å². The Morgan fingerprint density at radius 1 is 2.00 bits per heavy atom. The van der Waals surface area contributed by atoms with E-state index in [1.54, 1.807) is 0 Å². The van der Waals surface area contributed by atoms with E-state index in [1.807, 2.05) is 0 Å². The molecule has 0 nitrogen and oxygen atoms in total. The molecule has 0 aliphatic carbocycles. The molecule has 5 heavy (non-hydrogen) atoms. The van der Waals surface area contributed by atoms with Gasteiger partial charge in [-0.3, -0.25) is 0 Å². The Labute approximate surface area is 51.2 Å². The molecule has 0 aliphatic rings. The lowest BCUT2D eigenvalue weighted by Gasteiger charge is -1.76. The van der Waals surface area contributed by atoms with E-state index in [-0.39, 0.29) is 4.34 Å². The van der Waals surface area contributed by atoms with Crippen LogP contribution < -0.4 is 0 Å². The van der Waals surface area contributed by atoms with Crippen LogP contribution in [0.5, 0.6) is 0 Å². The van der Waals surface area contributed by atoms with Crippen LogP contribution >= 0.6 is 26.4 Å². The average molecular weight is 220 g/mol. The zero-order valence-corrected chi connectivity index (χ0v) is 6.97. The van der Waals surface area contributed by atoms with Gasteiger partial charge >= 0.3 is 0 Å². The van der Waals surface area contributed by atoms with Gasteiger partial charge in [0.25, 0.3) is 0 Å². The summed E-state index contributed by atoms with van der Waals surface area (Å²) in [6.07, 6.45) is 1.21. The van der Waals surface area contributed by atoms with E-state index < -0.39 is 0 Å². The molecule has 0 bridgehead atoms. The molecule has 0 aliphatic heterocycles. The lowest BCUT2D eigenvalue weighted by atomic mass is 11.0. The normalized spacial score (nSPS) is 14.8. The topological polar surface area (TPSA) is 0 Å². The summed E-state index contributed by atoms with van der Waals surface area (Å²) in [6, 6.07) is 0. The Morgan fingerprint density at radius 3 is 2.20 bits per heavy atom. The van der Waals surface area contributed by atoms with Crippen LogP contribution in [0.1, 0.15) is 6.92 Å². The van der Waals surface area contributed by atoms with Crippen LogP contribution in [0, 0.1) is 0 Å². The molecule has 0 saturated carbocycles. The van der Waals surface area contributed by atoms with Gasteiger partial charge in [0, 0.05) is 4.34 Å². The van der Waals surface area contributed by atoms with Gasteiger partial charge in [0.05, 0.1) is 0 Å². The van der Waals surface area contributed by atoms with Gasteiger partial charge in [-0.15, -0.1) is 0 Å². The fourth-order valence-electron chi connectivity index (χ4n) is 0. The van der Waals surface area contributed by atoms with Crippen LogP contribution in [0.2, 0.25) is 0 Å². The van der Waals surface area contributed by atoms with E-state index in [2.05, 4.69) is 29.0 Å². The van der Waals surface area contributed by atoms with Crippen molar-refractivity contribution in [1.29, 1.82) is 0 Å². The highest BCUT2D eigenvalue weighted by molar-refractivity contribution is 14.2. The van der Waals surface area contributed by atoms with Crippen molar-refractivity contribution in [1.82, 2.24) is 0 Å². The third-order valence-corrected chi connectivity index (χ3v) is 3.99. The van der Waals surface area contributed by atoms with Crippen LogP contribution in [0.3, 0.4) is 0 Å². The van der Waals surface area contributed by atoms with Crippen molar-refractivity contribution >= 4 is 38.2 Å². The molecule has 0 fully saturated rings. The molecule has 0 aromatic rings. The third-order valence-electron chi connectivity index (χ3n) is 0.278. The molecule has 3 heteroatoms. The second-order valence-electron chi connectivity index (χ2n) is 0.709. The third kappa shape index (κ3) is 5.38. The lowest BCUT2D eigenvalue weighted by Crippen LogP contribution is -1.47. The number of hydrogen-bond donors (Lipinski definition) is 0. The minimum atomic E-state index is -0.321. The first kappa shape index (κ1) is 6.38. The second-order valence-corrected chi connectivity index (χ2v) is 9.71. The van der Waals surface area contributed by atoms with Gasteiger partial charge in [0.2, 0.25) is 0 Å².